The number of rotatable bonds is 6. The molecule has 3 aliphatic rings. The minimum absolute atomic E-state index is 0. The molecule has 1 N–H and O–H groups in total. The van der Waals surface area contributed by atoms with Gasteiger partial charge in [-0.3, -0.25) is 9.69 Å². The largest absolute Gasteiger partial charge is 0.454 e. The Hall–Kier alpha value is -1.11. The first-order chi connectivity index (χ1) is 11.7. The maximum absolute atomic E-state index is 12.0. The van der Waals surface area contributed by atoms with E-state index >= 15 is 0 Å². The van der Waals surface area contributed by atoms with Gasteiger partial charge in [0.2, 0.25) is 12.7 Å². The van der Waals surface area contributed by atoms with Crippen molar-refractivity contribution in [3.8, 4) is 11.5 Å². The molecule has 2 fully saturated rings. The Kier molecular flexibility index (Phi) is 6.02. The van der Waals surface area contributed by atoms with Crippen LogP contribution in [0.5, 0.6) is 11.5 Å². The van der Waals surface area contributed by atoms with Crippen LogP contribution in [0.15, 0.2) is 18.2 Å². The van der Waals surface area contributed by atoms with Gasteiger partial charge in [0.15, 0.2) is 11.5 Å². The van der Waals surface area contributed by atoms with Crippen LogP contribution in [0.25, 0.3) is 0 Å². The standard InChI is InChI=1S/C18H24N2O3S.ClH/c1-24-10-18(21)19-15-9-20(8-14(15)13-3-4-13)7-12-2-5-16-17(6-12)23-11-22-16;/h2,5-6,13-15H,3-4,7-11H2,1H3,(H,19,21);1H/t14-,15+;/m1./s1. The van der Waals surface area contributed by atoms with Gasteiger partial charge in [0, 0.05) is 25.7 Å². The lowest BCUT2D eigenvalue weighted by Gasteiger charge is -2.19. The first-order valence-corrected chi connectivity index (χ1v) is 10.0. The Morgan fingerprint density at radius 1 is 1.28 bits per heavy atom. The summed E-state index contributed by atoms with van der Waals surface area (Å²) in [5, 5.41) is 3.26. The third-order valence-corrected chi connectivity index (χ3v) is 5.68. The third-order valence-electron chi connectivity index (χ3n) is 5.13. The van der Waals surface area contributed by atoms with Crippen LogP contribution >= 0.6 is 24.2 Å². The average molecular weight is 385 g/mol. The van der Waals surface area contributed by atoms with Crippen LogP contribution < -0.4 is 14.8 Å². The van der Waals surface area contributed by atoms with Crippen molar-refractivity contribution in [3.63, 3.8) is 0 Å². The van der Waals surface area contributed by atoms with Gasteiger partial charge in [-0.15, -0.1) is 12.4 Å². The number of nitrogens with zero attached hydrogens (tertiary/aromatic N) is 1. The van der Waals surface area contributed by atoms with E-state index in [0.717, 1.165) is 37.1 Å². The van der Waals surface area contributed by atoms with Crippen molar-refractivity contribution in [3.05, 3.63) is 23.8 Å². The van der Waals surface area contributed by atoms with E-state index in [0.29, 0.717) is 24.5 Å². The molecule has 1 amide bonds. The zero-order chi connectivity index (χ0) is 16.5. The van der Waals surface area contributed by atoms with Gasteiger partial charge in [0.05, 0.1) is 5.75 Å². The molecule has 5 nitrogen and oxygen atoms in total. The van der Waals surface area contributed by atoms with Crippen molar-refractivity contribution in [2.75, 3.05) is 31.9 Å². The van der Waals surface area contributed by atoms with Crippen LogP contribution in [0.3, 0.4) is 0 Å². The van der Waals surface area contributed by atoms with E-state index < -0.39 is 0 Å². The normalized spacial score (nSPS) is 24.8. The summed E-state index contributed by atoms with van der Waals surface area (Å²) in [6.45, 7) is 3.23. The summed E-state index contributed by atoms with van der Waals surface area (Å²) in [6.07, 6.45) is 4.60. The van der Waals surface area contributed by atoms with Crippen LogP contribution in [0.4, 0.5) is 0 Å². The monoisotopic (exact) mass is 384 g/mol. The van der Waals surface area contributed by atoms with Crippen molar-refractivity contribution in [1.82, 2.24) is 10.2 Å². The zero-order valence-electron chi connectivity index (χ0n) is 14.4. The molecule has 1 saturated carbocycles. The molecule has 1 aromatic rings. The highest BCUT2D eigenvalue weighted by molar-refractivity contribution is 7.99. The molecule has 2 atom stereocenters. The van der Waals surface area contributed by atoms with Crippen molar-refractivity contribution in [2.45, 2.75) is 25.4 Å². The van der Waals surface area contributed by atoms with E-state index in [4.69, 9.17) is 9.47 Å². The first-order valence-electron chi connectivity index (χ1n) is 8.62. The van der Waals surface area contributed by atoms with Crippen LogP contribution in [0.1, 0.15) is 18.4 Å². The van der Waals surface area contributed by atoms with Crippen molar-refractivity contribution < 1.29 is 14.3 Å². The predicted octanol–water partition coefficient (Wildman–Crippen LogP) is 2.53. The molecule has 2 heterocycles. The van der Waals surface area contributed by atoms with E-state index in [1.807, 2.05) is 12.3 Å². The number of likely N-dealkylation sites (tertiary alicyclic amines) is 1. The highest BCUT2D eigenvalue weighted by atomic mass is 35.5. The molecular weight excluding hydrogens is 360 g/mol. The van der Waals surface area contributed by atoms with Gasteiger partial charge in [-0.05, 0) is 48.6 Å². The quantitative estimate of drug-likeness (QED) is 0.816. The lowest BCUT2D eigenvalue weighted by molar-refractivity contribution is -0.119. The highest BCUT2D eigenvalue weighted by Crippen LogP contribution is 2.42. The lowest BCUT2D eigenvalue weighted by atomic mass is 9.98. The summed E-state index contributed by atoms with van der Waals surface area (Å²) in [5.74, 6) is 3.79. The molecule has 1 aromatic carbocycles. The van der Waals surface area contributed by atoms with Gasteiger partial charge in [0.25, 0.3) is 0 Å². The van der Waals surface area contributed by atoms with E-state index in [2.05, 4.69) is 22.3 Å². The second kappa shape index (κ2) is 8.06. The Bertz CT molecular complexity index is 626. The van der Waals surface area contributed by atoms with E-state index in [1.54, 1.807) is 11.8 Å². The van der Waals surface area contributed by atoms with E-state index in [1.165, 1.54) is 18.4 Å². The first kappa shape index (κ1) is 18.7. The van der Waals surface area contributed by atoms with Gasteiger partial charge in [0.1, 0.15) is 0 Å². The molecule has 4 rings (SSSR count). The Morgan fingerprint density at radius 3 is 2.84 bits per heavy atom. The molecule has 7 heteroatoms. The molecule has 0 spiro atoms. The fourth-order valence-corrected chi connectivity index (χ4v) is 4.22. The third kappa shape index (κ3) is 4.36. The van der Waals surface area contributed by atoms with Crippen LogP contribution in [0, 0.1) is 11.8 Å². The summed E-state index contributed by atoms with van der Waals surface area (Å²) < 4.78 is 10.9. The van der Waals surface area contributed by atoms with E-state index in [9.17, 15) is 4.79 Å². The minimum Gasteiger partial charge on any atom is -0.454 e. The van der Waals surface area contributed by atoms with E-state index in [-0.39, 0.29) is 18.3 Å². The SMILES string of the molecule is CSCC(=O)N[C@H]1CN(Cc2ccc3c(c2)OCO3)C[C@@H]1C1CC1.Cl. The summed E-state index contributed by atoms with van der Waals surface area (Å²) in [4.78, 5) is 14.5. The summed E-state index contributed by atoms with van der Waals surface area (Å²) in [6, 6.07) is 6.48. The number of carbonyl (C=O) groups excluding carboxylic acids is 1. The van der Waals surface area contributed by atoms with Crippen LogP contribution in [-0.2, 0) is 11.3 Å². The van der Waals surface area contributed by atoms with Gasteiger partial charge in [-0.2, -0.15) is 11.8 Å². The maximum atomic E-state index is 12.0. The Labute approximate surface area is 159 Å². The molecule has 138 valence electrons. The number of hydrogen-bond donors (Lipinski definition) is 1. The molecule has 25 heavy (non-hydrogen) atoms. The molecular formula is C18H25ClN2O3S. The number of halogens is 1. The summed E-state index contributed by atoms with van der Waals surface area (Å²) in [7, 11) is 0. The van der Waals surface area contributed by atoms with Gasteiger partial charge in [-0.1, -0.05) is 6.07 Å². The average Bonchev–Trinajstić information content (AvgIpc) is 3.17. The number of nitrogens with one attached hydrogen (secondary N) is 1. The lowest BCUT2D eigenvalue weighted by Crippen LogP contribution is -2.42. The molecule has 1 aliphatic carbocycles. The number of hydrogen-bond acceptors (Lipinski definition) is 5. The maximum Gasteiger partial charge on any atom is 0.231 e. The van der Waals surface area contributed by atoms with Gasteiger partial charge < -0.3 is 14.8 Å². The number of thioether (sulfide) groups is 1. The molecule has 2 aliphatic heterocycles. The van der Waals surface area contributed by atoms with Gasteiger partial charge in [-0.25, -0.2) is 0 Å². The number of carbonyl (C=O) groups is 1. The number of ether oxygens (including phenoxy) is 2. The minimum atomic E-state index is 0. The van der Waals surface area contributed by atoms with Crippen molar-refractivity contribution in [1.29, 1.82) is 0 Å². The van der Waals surface area contributed by atoms with Crippen molar-refractivity contribution in [2.24, 2.45) is 11.8 Å². The molecule has 0 aromatic heterocycles. The highest BCUT2D eigenvalue weighted by Gasteiger charge is 2.42. The van der Waals surface area contributed by atoms with Gasteiger partial charge >= 0.3 is 0 Å². The van der Waals surface area contributed by atoms with Crippen LogP contribution in [-0.4, -0.2) is 48.7 Å². The molecule has 0 bridgehead atoms. The number of amides is 1. The molecule has 0 radical (unpaired) electrons. The fourth-order valence-electron chi connectivity index (χ4n) is 3.87. The zero-order valence-corrected chi connectivity index (χ0v) is 16.0. The van der Waals surface area contributed by atoms with Crippen LogP contribution in [0.2, 0.25) is 0 Å². The molecule has 0 unspecified atom stereocenters. The Balaban J connectivity index is 0.00000182. The summed E-state index contributed by atoms with van der Waals surface area (Å²) in [5.41, 5.74) is 1.24. The predicted molar refractivity (Wildman–Crippen MR) is 102 cm³/mol. The Morgan fingerprint density at radius 2 is 2.08 bits per heavy atom. The smallest absolute Gasteiger partial charge is 0.231 e. The number of benzene rings is 1. The summed E-state index contributed by atoms with van der Waals surface area (Å²) >= 11 is 1.58. The topological polar surface area (TPSA) is 50.8 Å². The second-order valence-corrected chi connectivity index (χ2v) is 7.86. The van der Waals surface area contributed by atoms with Crippen molar-refractivity contribution >= 4 is 30.1 Å². The number of fused-ring (bicyclic) bond motifs is 1. The molecule has 1 saturated heterocycles. The second-order valence-electron chi connectivity index (χ2n) is 6.99. The fraction of sp³-hybridized carbons (Fsp3) is 0.611.